The Labute approximate surface area is 258 Å². The van der Waals surface area contributed by atoms with Crippen LogP contribution in [0.2, 0.25) is 0 Å². The Morgan fingerprint density at radius 2 is 0.810 bits per heavy atom. The molecule has 0 atom stereocenters. The molecular weight excluding hydrogens is 530 g/mol. The standard InChI is InChI=1S/C35H67NO6/c1-3-5-7-9-11-13-15-17-19-23-31-41-34(39)26-29-36(28-22-21-25-33(37)38)30-27-35(40)42-32-24-20-18-16-14-12-10-8-6-4-2/h3-32H2,1-2H3,(H,37,38). The van der Waals surface area contributed by atoms with E-state index >= 15 is 0 Å². The van der Waals surface area contributed by atoms with Crippen molar-refractivity contribution in [1.29, 1.82) is 0 Å². The second kappa shape index (κ2) is 32.3. The van der Waals surface area contributed by atoms with Gasteiger partial charge in [-0.15, -0.1) is 0 Å². The zero-order valence-corrected chi connectivity index (χ0v) is 27.6. The number of rotatable bonds is 33. The van der Waals surface area contributed by atoms with Gasteiger partial charge in [-0.3, -0.25) is 14.4 Å². The summed E-state index contributed by atoms with van der Waals surface area (Å²) in [6, 6.07) is 0. The van der Waals surface area contributed by atoms with Crippen LogP contribution >= 0.6 is 0 Å². The van der Waals surface area contributed by atoms with Gasteiger partial charge < -0.3 is 19.5 Å². The number of carbonyl (C=O) groups is 3. The fourth-order valence-electron chi connectivity index (χ4n) is 5.14. The number of unbranched alkanes of at least 4 members (excludes halogenated alkanes) is 19. The number of nitrogens with zero attached hydrogens (tertiary/aromatic N) is 1. The molecule has 248 valence electrons. The van der Waals surface area contributed by atoms with Crippen molar-refractivity contribution in [3.05, 3.63) is 0 Å². The molecule has 0 heterocycles. The topological polar surface area (TPSA) is 93.1 Å². The van der Waals surface area contributed by atoms with Gasteiger partial charge in [0.25, 0.3) is 0 Å². The molecule has 0 aromatic heterocycles. The molecule has 0 fully saturated rings. The minimum absolute atomic E-state index is 0.135. The zero-order chi connectivity index (χ0) is 30.9. The number of hydrogen-bond acceptors (Lipinski definition) is 6. The van der Waals surface area contributed by atoms with E-state index in [9.17, 15) is 14.4 Å². The molecule has 0 aromatic carbocycles. The molecule has 0 spiro atoms. The first-order chi connectivity index (χ1) is 20.5. The molecule has 0 radical (unpaired) electrons. The third-order valence-electron chi connectivity index (χ3n) is 7.90. The molecule has 0 saturated heterocycles. The smallest absolute Gasteiger partial charge is 0.307 e. The average Bonchev–Trinajstić information content (AvgIpc) is 2.97. The highest BCUT2D eigenvalue weighted by Crippen LogP contribution is 2.12. The van der Waals surface area contributed by atoms with Crippen molar-refractivity contribution in [2.45, 2.75) is 174 Å². The van der Waals surface area contributed by atoms with Crippen LogP contribution in [-0.2, 0) is 23.9 Å². The lowest BCUT2D eigenvalue weighted by Gasteiger charge is -2.21. The van der Waals surface area contributed by atoms with Crippen LogP contribution in [0.5, 0.6) is 0 Å². The number of esters is 2. The van der Waals surface area contributed by atoms with Gasteiger partial charge in [0, 0.05) is 19.5 Å². The van der Waals surface area contributed by atoms with Gasteiger partial charge >= 0.3 is 17.9 Å². The van der Waals surface area contributed by atoms with Crippen LogP contribution in [0.1, 0.15) is 174 Å². The summed E-state index contributed by atoms with van der Waals surface area (Å²) >= 11 is 0. The van der Waals surface area contributed by atoms with Crippen molar-refractivity contribution >= 4 is 17.9 Å². The van der Waals surface area contributed by atoms with E-state index in [0.717, 1.165) is 25.7 Å². The van der Waals surface area contributed by atoms with Crippen molar-refractivity contribution < 1.29 is 29.0 Å². The second-order valence-corrected chi connectivity index (χ2v) is 12.0. The van der Waals surface area contributed by atoms with Crippen LogP contribution in [-0.4, -0.2) is 60.8 Å². The number of carboxylic acids is 1. The molecule has 7 nitrogen and oxygen atoms in total. The Bertz CT molecular complexity index is 585. The van der Waals surface area contributed by atoms with E-state index in [-0.39, 0.29) is 31.2 Å². The molecule has 0 unspecified atom stereocenters. The van der Waals surface area contributed by atoms with Crippen molar-refractivity contribution in [3.63, 3.8) is 0 Å². The molecule has 0 aliphatic rings. The van der Waals surface area contributed by atoms with E-state index in [4.69, 9.17) is 14.6 Å². The van der Waals surface area contributed by atoms with Gasteiger partial charge in [0.05, 0.1) is 26.1 Å². The molecule has 0 aromatic rings. The molecule has 0 saturated carbocycles. The van der Waals surface area contributed by atoms with Crippen LogP contribution in [0.25, 0.3) is 0 Å². The molecule has 0 rings (SSSR count). The molecule has 7 heteroatoms. The summed E-state index contributed by atoms with van der Waals surface area (Å²) in [5.41, 5.74) is 0. The summed E-state index contributed by atoms with van der Waals surface area (Å²) in [5, 5.41) is 8.90. The number of carboxylic acid groups (broad SMARTS) is 1. The molecule has 0 bridgehead atoms. The van der Waals surface area contributed by atoms with E-state index in [1.54, 1.807) is 0 Å². The van der Waals surface area contributed by atoms with E-state index in [2.05, 4.69) is 18.7 Å². The van der Waals surface area contributed by atoms with Gasteiger partial charge in [-0.1, -0.05) is 129 Å². The molecule has 0 aliphatic carbocycles. The lowest BCUT2D eigenvalue weighted by atomic mass is 10.1. The minimum Gasteiger partial charge on any atom is -0.481 e. The highest BCUT2D eigenvalue weighted by atomic mass is 16.5. The van der Waals surface area contributed by atoms with Crippen LogP contribution in [0, 0.1) is 0 Å². The third-order valence-corrected chi connectivity index (χ3v) is 7.90. The van der Waals surface area contributed by atoms with Gasteiger partial charge in [-0.25, -0.2) is 0 Å². The van der Waals surface area contributed by atoms with Crippen LogP contribution < -0.4 is 0 Å². The summed E-state index contributed by atoms with van der Waals surface area (Å²) in [4.78, 5) is 37.4. The predicted octanol–water partition coefficient (Wildman–Crippen LogP) is 9.25. The number of carbonyl (C=O) groups excluding carboxylic acids is 2. The highest BCUT2D eigenvalue weighted by molar-refractivity contribution is 5.70. The zero-order valence-electron chi connectivity index (χ0n) is 27.6. The fraction of sp³-hybridized carbons (Fsp3) is 0.914. The summed E-state index contributed by atoms with van der Waals surface area (Å²) in [6.07, 6.45) is 26.9. The molecular formula is C35H67NO6. The maximum atomic E-state index is 12.3. The summed E-state index contributed by atoms with van der Waals surface area (Å²) in [7, 11) is 0. The van der Waals surface area contributed by atoms with Crippen LogP contribution in [0.3, 0.4) is 0 Å². The molecule has 0 amide bonds. The second-order valence-electron chi connectivity index (χ2n) is 12.0. The van der Waals surface area contributed by atoms with E-state index in [1.807, 2.05) is 0 Å². The predicted molar refractivity (Wildman–Crippen MR) is 173 cm³/mol. The largest absolute Gasteiger partial charge is 0.481 e. The minimum atomic E-state index is -0.798. The number of ether oxygens (including phenoxy) is 2. The monoisotopic (exact) mass is 597 g/mol. The Kier molecular flexibility index (Phi) is 31.0. The Morgan fingerprint density at radius 3 is 1.17 bits per heavy atom. The van der Waals surface area contributed by atoms with E-state index in [0.29, 0.717) is 45.7 Å². The third kappa shape index (κ3) is 31.3. The number of hydrogen-bond donors (Lipinski definition) is 1. The quantitative estimate of drug-likeness (QED) is 0.0595. The SMILES string of the molecule is CCCCCCCCCCCCOC(=O)CCN(CCCCC(=O)O)CCC(=O)OCCCCCCCCCCCC. The fourth-order valence-corrected chi connectivity index (χ4v) is 5.14. The van der Waals surface area contributed by atoms with Crippen molar-refractivity contribution in [3.8, 4) is 0 Å². The first kappa shape index (κ1) is 40.4. The maximum Gasteiger partial charge on any atom is 0.307 e. The van der Waals surface area contributed by atoms with Gasteiger partial charge in [-0.05, 0) is 32.2 Å². The molecule has 1 N–H and O–H groups in total. The first-order valence-corrected chi connectivity index (χ1v) is 17.7. The summed E-state index contributed by atoms with van der Waals surface area (Å²) in [6.45, 7) is 7.11. The Balaban J connectivity index is 4.01. The average molecular weight is 598 g/mol. The van der Waals surface area contributed by atoms with Crippen LogP contribution in [0.4, 0.5) is 0 Å². The highest BCUT2D eigenvalue weighted by Gasteiger charge is 2.13. The van der Waals surface area contributed by atoms with Gasteiger partial charge in [0.1, 0.15) is 0 Å². The first-order valence-electron chi connectivity index (χ1n) is 17.7. The van der Waals surface area contributed by atoms with Crippen molar-refractivity contribution in [1.82, 2.24) is 4.90 Å². The van der Waals surface area contributed by atoms with Gasteiger partial charge in [0.2, 0.25) is 0 Å². The maximum absolute atomic E-state index is 12.3. The number of aliphatic carboxylic acids is 1. The van der Waals surface area contributed by atoms with Crippen LogP contribution in [0.15, 0.2) is 0 Å². The lowest BCUT2D eigenvalue weighted by Crippen LogP contribution is -2.30. The lowest BCUT2D eigenvalue weighted by molar-refractivity contribution is -0.144. The summed E-state index contributed by atoms with van der Waals surface area (Å²) < 4.78 is 10.9. The summed E-state index contributed by atoms with van der Waals surface area (Å²) in [5.74, 6) is -1.21. The Hall–Kier alpha value is -1.63. The van der Waals surface area contributed by atoms with E-state index < -0.39 is 5.97 Å². The van der Waals surface area contributed by atoms with Crippen molar-refractivity contribution in [2.75, 3.05) is 32.8 Å². The Morgan fingerprint density at radius 1 is 0.452 bits per heavy atom. The normalized spacial score (nSPS) is 11.2. The van der Waals surface area contributed by atoms with E-state index in [1.165, 1.54) is 103 Å². The molecule has 0 aliphatic heterocycles. The van der Waals surface area contributed by atoms with Gasteiger partial charge in [-0.2, -0.15) is 0 Å². The molecule has 42 heavy (non-hydrogen) atoms. The van der Waals surface area contributed by atoms with Crippen molar-refractivity contribution in [2.24, 2.45) is 0 Å². The van der Waals surface area contributed by atoms with Gasteiger partial charge in [0.15, 0.2) is 0 Å².